The molecule has 0 aromatic heterocycles. The number of ketones is 1. The second-order valence-electron chi connectivity index (χ2n) is 8.50. The highest BCUT2D eigenvalue weighted by atomic mass is 16.5. The zero-order valence-corrected chi connectivity index (χ0v) is 18.3. The van der Waals surface area contributed by atoms with Crippen LogP contribution >= 0.6 is 0 Å². The van der Waals surface area contributed by atoms with Gasteiger partial charge in [0.25, 0.3) is 0 Å². The van der Waals surface area contributed by atoms with Crippen molar-refractivity contribution in [1.82, 2.24) is 0 Å². The number of benzene rings is 2. The monoisotopic (exact) mass is 424 g/mol. The van der Waals surface area contributed by atoms with E-state index in [0.29, 0.717) is 23.7 Å². The molecular formula is C25H28O6. The molecule has 4 atom stereocenters. The van der Waals surface area contributed by atoms with Gasteiger partial charge in [-0.2, -0.15) is 0 Å². The first kappa shape index (κ1) is 21.2. The van der Waals surface area contributed by atoms with E-state index in [9.17, 15) is 9.59 Å². The molecule has 1 saturated carbocycles. The summed E-state index contributed by atoms with van der Waals surface area (Å²) >= 11 is 0. The minimum Gasteiger partial charge on any atom is -0.496 e. The lowest BCUT2D eigenvalue weighted by Crippen LogP contribution is -2.47. The van der Waals surface area contributed by atoms with Gasteiger partial charge in [-0.25, -0.2) is 0 Å². The van der Waals surface area contributed by atoms with Crippen LogP contribution in [0.2, 0.25) is 0 Å². The smallest absolute Gasteiger partial charge is 0.316 e. The summed E-state index contributed by atoms with van der Waals surface area (Å²) in [6.45, 7) is 4.37. The predicted molar refractivity (Wildman–Crippen MR) is 114 cm³/mol. The molecule has 4 rings (SSSR count). The van der Waals surface area contributed by atoms with Crippen molar-refractivity contribution in [2.24, 2.45) is 17.8 Å². The summed E-state index contributed by atoms with van der Waals surface area (Å²) in [7, 11) is 3.17. The molecule has 1 heterocycles. The van der Waals surface area contributed by atoms with Crippen molar-refractivity contribution in [3.63, 3.8) is 0 Å². The maximum atomic E-state index is 13.4. The van der Waals surface area contributed by atoms with Gasteiger partial charge in [0.2, 0.25) is 0 Å². The minimum atomic E-state index is -0.834. The number of esters is 1. The van der Waals surface area contributed by atoms with Gasteiger partial charge in [-0.05, 0) is 23.8 Å². The Balaban J connectivity index is 1.61. The van der Waals surface area contributed by atoms with Gasteiger partial charge in [-0.15, -0.1) is 0 Å². The molecule has 0 spiro atoms. The summed E-state index contributed by atoms with van der Waals surface area (Å²) in [6.07, 6.45) is -0.296. The Morgan fingerprint density at radius 3 is 2.52 bits per heavy atom. The Morgan fingerprint density at radius 2 is 1.87 bits per heavy atom. The van der Waals surface area contributed by atoms with Crippen molar-refractivity contribution in [2.75, 3.05) is 14.2 Å². The fourth-order valence-corrected chi connectivity index (χ4v) is 4.79. The van der Waals surface area contributed by atoms with E-state index in [1.165, 1.54) is 0 Å². The molecule has 164 valence electrons. The summed E-state index contributed by atoms with van der Waals surface area (Å²) in [6, 6.07) is 13.1. The van der Waals surface area contributed by atoms with E-state index in [1.807, 2.05) is 36.4 Å². The molecule has 0 saturated heterocycles. The number of methoxy groups -OCH3 is 2. The quantitative estimate of drug-likeness (QED) is 0.512. The first-order chi connectivity index (χ1) is 14.9. The third-order valence-electron chi connectivity index (χ3n) is 6.40. The highest BCUT2D eigenvalue weighted by molar-refractivity contribution is 6.03. The number of carbonyl (C=O) groups is 2. The zero-order valence-electron chi connectivity index (χ0n) is 18.3. The maximum absolute atomic E-state index is 13.4. The van der Waals surface area contributed by atoms with Crippen LogP contribution in [0.15, 0.2) is 42.5 Å². The molecule has 6 nitrogen and oxygen atoms in total. The molecule has 0 radical (unpaired) electrons. The van der Waals surface area contributed by atoms with E-state index < -0.39 is 18.0 Å². The average Bonchev–Trinajstić information content (AvgIpc) is 3.17. The summed E-state index contributed by atoms with van der Waals surface area (Å²) in [5, 5.41) is 0. The van der Waals surface area contributed by atoms with Crippen LogP contribution in [0, 0.1) is 17.8 Å². The maximum Gasteiger partial charge on any atom is 0.316 e. The number of carbonyl (C=O) groups excluding carboxylic acids is 2. The molecule has 2 aromatic carbocycles. The third-order valence-corrected chi connectivity index (χ3v) is 6.40. The minimum absolute atomic E-state index is 0.0699. The Bertz CT molecular complexity index is 967. The van der Waals surface area contributed by atoms with Crippen LogP contribution in [0.1, 0.15) is 37.3 Å². The Kier molecular flexibility index (Phi) is 5.90. The van der Waals surface area contributed by atoms with Crippen LogP contribution in [0.25, 0.3) is 0 Å². The summed E-state index contributed by atoms with van der Waals surface area (Å²) in [4.78, 5) is 26.2. The fraction of sp³-hybridized carbons (Fsp3) is 0.440. The molecule has 0 bridgehead atoms. The Morgan fingerprint density at radius 1 is 1.13 bits per heavy atom. The van der Waals surface area contributed by atoms with Gasteiger partial charge >= 0.3 is 5.97 Å². The molecule has 0 amide bonds. The molecule has 2 aliphatic rings. The van der Waals surface area contributed by atoms with Crippen molar-refractivity contribution < 1.29 is 28.5 Å². The SMILES string of the molecule is COc1cc(OC)c2c(c1)OC1C(=O)C(C(=O)OCc3ccccc3)CC(C(C)C)C21. The van der Waals surface area contributed by atoms with Gasteiger partial charge in [-0.3, -0.25) is 9.59 Å². The fourth-order valence-electron chi connectivity index (χ4n) is 4.79. The Hall–Kier alpha value is -3.02. The van der Waals surface area contributed by atoms with Crippen LogP contribution in [-0.4, -0.2) is 32.1 Å². The van der Waals surface area contributed by atoms with Crippen LogP contribution < -0.4 is 14.2 Å². The van der Waals surface area contributed by atoms with Gasteiger partial charge in [0.1, 0.15) is 29.8 Å². The van der Waals surface area contributed by atoms with Gasteiger partial charge in [0.05, 0.1) is 14.2 Å². The molecule has 1 aliphatic carbocycles. The molecule has 6 heteroatoms. The summed E-state index contributed by atoms with van der Waals surface area (Å²) < 4.78 is 22.6. The topological polar surface area (TPSA) is 71.1 Å². The van der Waals surface area contributed by atoms with Crippen molar-refractivity contribution in [3.05, 3.63) is 53.6 Å². The lowest BCUT2D eigenvalue weighted by molar-refractivity contribution is -0.158. The van der Waals surface area contributed by atoms with Gasteiger partial charge in [-0.1, -0.05) is 44.2 Å². The highest BCUT2D eigenvalue weighted by Crippen LogP contribution is 2.55. The molecular weight excluding hydrogens is 396 g/mol. The first-order valence-electron chi connectivity index (χ1n) is 10.6. The third kappa shape index (κ3) is 3.87. The van der Waals surface area contributed by atoms with Crippen LogP contribution in [0.5, 0.6) is 17.2 Å². The number of hydrogen-bond acceptors (Lipinski definition) is 6. The summed E-state index contributed by atoms with van der Waals surface area (Å²) in [5.41, 5.74) is 1.77. The zero-order chi connectivity index (χ0) is 22.1. The molecule has 0 N–H and O–H groups in total. The van der Waals surface area contributed by atoms with Crippen LogP contribution in [0.4, 0.5) is 0 Å². The standard InChI is InChI=1S/C25H28O6/c1-14(2)17-12-18(25(27)30-13-15-8-6-5-7-9-15)23(26)24-21(17)22-19(29-4)10-16(28-3)11-20(22)31-24/h5-11,14,17-18,21,24H,12-13H2,1-4H3. The van der Waals surface area contributed by atoms with Crippen molar-refractivity contribution in [3.8, 4) is 17.2 Å². The summed E-state index contributed by atoms with van der Waals surface area (Å²) in [5.74, 6) is 0.433. The average molecular weight is 424 g/mol. The van der Waals surface area contributed by atoms with E-state index in [4.69, 9.17) is 18.9 Å². The lowest BCUT2D eigenvalue weighted by atomic mass is 9.65. The van der Waals surface area contributed by atoms with Gasteiger partial charge < -0.3 is 18.9 Å². The van der Waals surface area contributed by atoms with Gasteiger partial charge in [0, 0.05) is 23.6 Å². The number of ether oxygens (including phenoxy) is 4. The van der Waals surface area contributed by atoms with Crippen molar-refractivity contribution in [1.29, 1.82) is 0 Å². The number of hydrogen-bond donors (Lipinski definition) is 0. The van der Waals surface area contributed by atoms with E-state index in [2.05, 4.69) is 13.8 Å². The largest absolute Gasteiger partial charge is 0.496 e. The van der Waals surface area contributed by atoms with Crippen LogP contribution in [0.3, 0.4) is 0 Å². The number of Topliss-reactive ketones (excluding diaryl/α,β-unsaturated/α-hetero) is 1. The normalized spacial score (nSPS) is 24.2. The molecule has 4 unspecified atom stereocenters. The van der Waals surface area contributed by atoms with Crippen LogP contribution in [-0.2, 0) is 20.9 Å². The second kappa shape index (κ2) is 8.61. The Labute approximate surface area is 182 Å². The molecule has 1 aliphatic heterocycles. The number of fused-ring (bicyclic) bond motifs is 3. The van der Waals surface area contributed by atoms with E-state index in [-0.39, 0.29) is 30.1 Å². The molecule has 31 heavy (non-hydrogen) atoms. The molecule has 1 fully saturated rings. The second-order valence-corrected chi connectivity index (χ2v) is 8.50. The highest BCUT2D eigenvalue weighted by Gasteiger charge is 2.54. The van der Waals surface area contributed by atoms with Crippen molar-refractivity contribution >= 4 is 11.8 Å². The van der Waals surface area contributed by atoms with E-state index in [0.717, 1.165) is 11.1 Å². The van der Waals surface area contributed by atoms with E-state index in [1.54, 1.807) is 20.3 Å². The predicted octanol–water partition coefficient (Wildman–Crippen LogP) is 4.15. The lowest BCUT2D eigenvalue weighted by Gasteiger charge is -2.37. The first-order valence-corrected chi connectivity index (χ1v) is 10.6. The molecule has 2 aromatic rings. The number of rotatable bonds is 6. The van der Waals surface area contributed by atoms with Gasteiger partial charge in [0.15, 0.2) is 11.9 Å². The van der Waals surface area contributed by atoms with E-state index >= 15 is 0 Å². The van der Waals surface area contributed by atoms with Crippen molar-refractivity contribution in [2.45, 2.75) is 38.9 Å².